The van der Waals surface area contributed by atoms with Crippen molar-refractivity contribution in [1.29, 1.82) is 0 Å². The van der Waals surface area contributed by atoms with Crippen molar-refractivity contribution in [2.75, 3.05) is 6.54 Å². The Morgan fingerprint density at radius 1 is 1.38 bits per heavy atom. The molecule has 1 saturated carbocycles. The minimum absolute atomic E-state index is 0.0182. The highest BCUT2D eigenvalue weighted by molar-refractivity contribution is 5.32. The highest BCUT2D eigenvalue weighted by atomic mass is 19.3. The van der Waals surface area contributed by atoms with Crippen LogP contribution in [-0.2, 0) is 5.92 Å². The summed E-state index contributed by atoms with van der Waals surface area (Å²) in [6.45, 7) is -0.0182. The lowest BCUT2D eigenvalue weighted by Crippen LogP contribution is -2.49. The molecule has 3 N–H and O–H groups in total. The van der Waals surface area contributed by atoms with Gasteiger partial charge in [0.1, 0.15) is 5.75 Å². The van der Waals surface area contributed by atoms with E-state index >= 15 is 0 Å². The van der Waals surface area contributed by atoms with Gasteiger partial charge in [-0.3, -0.25) is 0 Å². The van der Waals surface area contributed by atoms with Gasteiger partial charge < -0.3 is 10.8 Å². The van der Waals surface area contributed by atoms with Crippen molar-refractivity contribution in [2.45, 2.75) is 25.2 Å². The van der Waals surface area contributed by atoms with E-state index in [0.29, 0.717) is 12.8 Å². The summed E-state index contributed by atoms with van der Waals surface area (Å²) in [6.07, 6.45) is 1.70. The second kappa shape index (κ2) is 3.70. The molecule has 0 radical (unpaired) electrons. The van der Waals surface area contributed by atoms with Gasteiger partial charge in [-0.05, 0) is 25.0 Å². The molecule has 16 heavy (non-hydrogen) atoms. The molecule has 1 aliphatic rings. The smallest absolute Gasteiger partial charge is 0.280 e. The molecule has 0 heterocycles. The van der Waals surface area contributed by atoms with E-state index in [2.05, 4.69) is 0 Å². The molecule has 0 aliphatic heterocycles. The summed E-state index contributed by atoms with van der Waals surface area (Å²) in [5, 5.41) is 9.24. The number of hydrogen-bond acceptors (Lipinski definition) is 2. The third-order valence-corrected chi connectivity index (χ3v) is 3.58. The Kier molecular flexibility index (Phi) is 2.62. The quantitative estimate of drug-likeness (QED) is 0.833. The first-order valence-electron chi connectivity index (χ1n) is 5.39. The van der Waals surface area contributed by atoms with Crippen molar-refractivity contribution >= 4 is 0 Å². The lowest BCUT2D eigenvalue weighted by Gasteiger charge is -2.46. The highest BCUT2D eigenvalue weighted by Crippen LogP contribution is 2.56. The number of phenols is 1. The van der Waals surface area contributed by atoms with Crippen LogP contribution in [0.3, 0.4) is 0 Å². The molecule has 88 valence electrons. The third-order valence-electron chi connectivity index (χ3n) is 3.58. The van der Waals surface area contributed by atoms with Crippen molar-refractivity contribution < 1.29 is 13.9 Å². The van der Waals surface area contributed by atoms with Gasteiger partial charge in [-0.2, -0.15) is 0 Å². The molecule has 0 bridgehead atoms. The highest BCUT2D eigenvalue weighted by Gasteiger charge is 2.57. The van der Waals surface area contributed by atoms with Crippen molar-refractivity contribution in [3.8, 4) is 5.75 Å². The molecular weight excluding hydrogens is 212 g/mol. The molecular formula is C12H15F2NO. The molecule has 0 saturated heterocycles. The van der Waals surface area contributed by atoms with E-state index in [1.807, 2.05) is 0 Å². The van der Waals surface area contributed by atoms with Crippen LogP contribution in [0.15, 0.2) is 24.3 Å². The Morgan fingerprint density at radius 3 is 2.50 bits per heavy atom. The first-order valence-corrected chi connectivity index (χ1v) is 5.39. The summed E-state index contributed by atoms with van der Waals surface area (Å²) in [5.74, 6) is -3.10. The zero-order chi connectivity index (χ0) is 11.8. The van der Waals surface area contributed by atoms with Gasteiger partial charge in [0.05, 0.1) is 5.41 Å². The molecule has 2 rings (SSSR count). The first-order chi connectivity index (χ1) is 7.52. The number of phenolic OH excluding ortho intramolecular Hbond substituents is 1. The number of alkyl halides is 2. The van der Waals surface area contributed by atoms with Gasteiger partial charge in [0.25, 0.3) is 5.92 Å². The number of nitrogens with two attached hydrogens (primary N) is 1. The zero-order valence-electron chi connectivity index (χ0n) is 8.92. The number of rotatable bonds is 3. The van der Waals surface area contributed by atoms with E-state index < -0.39 is 11.3 Å². The topological polar surface area (TPSA) is 46.2 Å². The number of halogens is 2. The van der Waals surface area contributed by atoms with Crippen LogP contribution in [0.25, 0.3) is 0 Å². The summed E-state index contributed by atoms with van der Waals surface area (Å²) in [4.78, 5) is 0. The Bertz CT molecular complexity index is 383. The van der Waals surface area contributed by atoms with Gasteiger partial charge in [-0.25, -0.2) is 8.78 Å². The fourth-order valence-electron chi connectivity index (χ4n) is 2.26. The molecule has 1 aromatic carbocycles. The predicted octanol–water partition coefficient (Wildman–Crippen LogP) is 2.61. The fraction of sp³-hybridized carbons (Fsp3) is 0.500. The van der Waals surface area contributed by atoms with Crippen LogP contribution >= 0.6 is 0 Å². The Morgan fingerprint density at radius 2 is 2.06 bits per heavy atom. The maximum atomic E-state index is 14.2. The van der Waals surface area contributed by atoms with E-state index in [0.717, 1.165) is 12.5 Å². The largest absolute Gasteiger partial charge is 0.508 e. The molecule has 1 fully saturated rings. The summed E-state index contributed by atoms with van der Waals surface area (Å²) in [5.41, 5.74) is 4.24. The van der Waals surface area contributed by atoms with Gasteiger partial charge in [-0.15, -0.1) is 0 Å². The van der Waals surface area contributed by atoms with Crippen LogP contribution in [0.1, 0.15) is 24.8 Å². The van der Waals surface area contributed by atoms with Crippen LogP contribution in [0.2, 0.25) is 0 Å². The summed E-state index contributed by atoms with van der Waals surface area (Å²) in [6, 6.07) is 5.28. The second-order valence-corrected chi connectivity index (χ2v) is 4.46. The lowest BCUT2D eigenvalue weighted by atomic mass is 9.63. The molecule has 1 aromatic rings. The van der Waals surface area contributed by atoms with Crippen LogP contribution < -0.4 is 5.73 Å². The summed E-state index contributed by atoms with van der Waals surface area (Å²) >= 11 is 0. The minimum atomic E-state index is -2.96. The average Bonchev–Trinajstić information content (AvgIpc) is 2.16. The molecule has 4 heteroatoms. The Hall–Kier alpha value is -1.16. The third kappa shape index (κ3) is 1.48. The molecule has 0 spiro atoms. The normalized spacial score (nSPS) is 19.2. The van der Waals surface area contributed by atoms with Gasteiger partial charge in [0, 0.05) is 12.1 Å². The Labute approximate surface area is 93.1 Å². The van der Waals surface area contributed by atoms with Gasteiger partial charge in [0.2, 0.25) is 0 Å². The van der Waals surface area contributed by atoms with E-state index in [-0.39, 0.29) is 17.9 Å². The molecule has 0 aromatic heterocycles. The maximum absolute atomic E-state index is 14.2. The number of hydrogen-bond donors (Lipinski definition) is 2. The standard InChI is InChI=1S/C12H15F2NO/c13-12(14,11(8-15)5-2-6-11)9-3-1-4-10(16)7-9/h1,3-4,7,16H,2,5-6,8,15H2. The number of aromatic hydroxyl groups is 1. The van der Waals surface area contributed by atoms with Crippen molar-refractivity contribution in [3.63, 3.8) is 0 Å². The Balaban J connectivity index is 2.37. The monoisotopic (exact) mass is 227 g/mol. The van der Waals surface area contributed by atoms with Crippen LogP contribution in [0, 0.1) is 5.41 Å². The van der Waals surface area contributed by atoms with Crippen molar-refractivity contribution in [2.24, 2.45) is 11.1 Å². The SMILES string of the molecule is NCC1(C(F)(F)c2cccc(O)c2)CCC1. The molecule has 0 amide bonds. The van der Waals surface area contributed by atoms with Crippen LogP contribution in [-0.4, -0.2) is 11.7 Å². The minimum Gasteiger partial charge on any atom is -0.508 e. The van der Waals surface area contributed by atoms with E-state index in [1.54, 1.807) is 0 Å². The van der Waals surface area contributed by atoms with E-state index in [1.165, 1.54) is 18.2 Å². The van der Waals surface area contributed by atoms with Crippen LogP contribution in [0.5, 0.6) is 5.75 Å². The summed E-state index contributed by atoms with van der Waals surface area (Å²) in [7, 11) is 0. The van der Waals surface area contributed by atoms with Crippen molar-refractivity contribution in [1.82, 2.24) is 0 Å². The lowest BCUT2D eigenvalue weighted by molar-refractivity contribution is -0.164. The summed E-state index contributed by atoms with van der Waals surface area (Å²) < 4.78 is 28.5. The van der Waals surface area contributed by atoms with E-state index in [4.69, 9.17) is 5.73 Å². The van der Waals surface area contributed by atoms with Crippen molar-refractivity contribution in [3.05, 3.63) is 29.8 Å². The van der Waals surface area contributed by atoms with Gasteiger partial charge in [0.15, 0.2) is 0 Å². The molecule has 1 aliphatic carbocycles. The maximum Gasteiger partial charge on any atom is 0.280 e. The van der Waals surface area contributed by atoms with Gasteiger partial charge >= 0.3 is 0 Å². The zero-order valence-corrected chi connectivity index (χ0v) is 8.92. The average molecular weight is 227 g/mol. The van der Waals surface area contributed by atoms with Crippen LogP contribution in [0.4, 0.5) is 8.78 Å². The molecule has 0 atom stereocenters. The number of benzene rings is 1. The molecule has 2 nitrogen and oxygen atoms in total. The second-order valence-electron chi connectivity index (χ2n) is 4.46. The first kappa shape index (κ1) is 11.3. The molecule has 0 unspecified atom stereocenters. The fourth-order valence-corrected chi connectivity index (χ4v) is 2.26. The van der Waals surface area contributed by atoms with Gasteiger partial charge in [-0.1, -0.05) is 18.6 Å². The predicted molar refractivity (Wildman–Crippen MR) is 57.3 cm³/mol. The van der Waals surface area contributed by atoms with E-state index in [9.17, 15) is 13.9 Å².